The zero-order chi connectivity index (χ0) is 33.9. The van der Waals surface area contributed by atoms with E-state index in [1.165, 1.54) is 22.3 Å². The average Bonchev–Trinajstić information content (AvgIpc) is 3.85. The number of ether oxygens (including phenoxy) is 2. The van der Waals surface area contributed by atoms with E-state index >= 15 is 0 Å². The van der Waals surface area contributed by atoms with E-state index in [1.807, 2.05) is 36.4 Å². The number of hydrazone groups is 2. The Labute approximate surface area is 293 Å². The summed E-state index contributed by atoms with van der Waals surface area (Å²) in [5.41, 5.74) is 11.3. The van der Waals surface area contributed by atoms with Gasteiger partial charge in [-0.3, -0.25) is 10.0 Å². The molecule has 8 rings (SSSR count). The van der Waals surface area contributed by atoms with E-state index in [1.54, 1.807) is 14.2 Å². The van der Waals surface area contributed by atoms with E-state index in [4.69, 9.17) is 19.7 Å². The maximum atomic E-state index is 5.41. The zero-order valence-corrected chi connectivity index (χ0v) is 28.2. The van der Waals surface area contributed by atoms with Crippen LogP contribution in [0.2, 0.25) is 0 Å². The Hall–Kier alpha value is -6.14. The van der Waals surface area contributed by atoms with Gasteiger partial charge in [-0.1, -0.05) is 109 Å². The highest BCUT2D eigenvalue weighted by molar-refractivity contribution is 6.04. The molecule has 50 heavy (non-hydrogen) atoms. The van der Waals surface area contributed by atoms with Gasteiger partial charge in [-0.15, -0.1) is 0 Å². The topological polar surface area (TPSA) is 49.7 Å². The molecule has 2 unspecified atom stereocenters. The van der Waals surface area contributed by atoms with Crippen LogP contribution in [0.4, 0.5) is 11.4 Å². The van der Waals surface area contributed by atoms with Crippen molar-refractivity contribution in [2.75, 3.05) is 24.2 Å². The zero-order valence-electron chi connectivity index (χ0n) is 28.2. The molecule has 0 saturated heterocycles. The van der Waals surface area contributed by atoms with Crippen molar-refractivity contribution in [2.45, 2.75) is 24.9 Å². The van der Waals surface area contributed by atoms with E-state index in [9.17, 15) is 0 Å². The lowest BCUT2D eigenvalue weighted by Crippen LogP contribution is -2.18. The Kier molecular flexibility index (Phi) is 8.58. The molecular formula is C44H38N4O2. The molecule has 0 amide bonds. The Morgan fingerprint density at radius 3 is 1.10 bits per heavy atom. The van der Waals surface area contributed by atoms with Crippen molar-refractivity contribution >= 4 is 22.8 Å². The molecule has 0 spiro atoms. The normalized spacial score (nSPS) is 17.0. The van der Waals surface area contributed by atoms with Crippen LogP contribution in [-0.2, 0) is 0 Å². The summed E-state index contributed by atoms with van der Waals surface area (Å²) in [5, 5.41) is 14.6. The molecular weight excluding hydrogens is 617 g/mol. The largest absolute Gasteiger partial charge is 0.497 e. The standard InChI is InChI=1S/C44H38N4O2/c1-49-39-25-21-35(22-26-39)43-29-41(45-47(43)37-9-5-3-6-10-37)33-17-13-31(14-18-33)32-15-19-34(20-16-32)42-30-44(36-23-27-40(50-2)28-24-36)48(46-42)38-11-7-4-8-12-38/h3-28,43-44H,29-30H2,1-2H3. The van der Waals surface area contributed by atoms with Crippen LogP contribution in [0.25, 0.3) is 11.1 Å². The first-order valence-electron chi connectivity index (χ1n) is 17.0. The number of anilines is 2. The highest BCUT2D eigenvalue weighted by Crippen LogP contribution is 2.39. The molecule has 0 saturated carbocycles. The van der Waals surface area contributed by atoms with Gasteiger partial charge in [0.05, 0.1) is 49.1 Å². The summed E-state index contributed by atoms with van der Waals surface area (Å²) in [5.74, 6) is 1.71. The molecule has 0 fully saturated rings. The Balaban J connectivity index is 1.02. The molecule has 0 radical (unpaired) electrons. The molecule has 6 nitrogen and oxygen atoms in total. The second-order valence-electron chi connectivity index (χ2n) is 12.6. The minimum absolute atomic E-state index is 0.103. The molecule has 6 heteroatoms. The van der Waals surface area contributed by atoms with Gasteiger partial charge in [0.2, 0.25) is 0 Å². The van der Waals surface area contributed by atoms with Crippen molar-refractivity contribution in [3.63, 3.8) is 0 Å². The predicted octanol–water partition coefficient (Wildman–Crippen LogP) is 10.1. The first-order chi connectivity index (χ1) is 24.7. The van der Waals surface area contributed by atoms with Gasteiger partial charge in [-0.05, 0) is 81.9 Å². The lowest BCUT2D eigenvalue weighted by atomic mass is 9.95. The highest BCUT2D eigenvalue weighted by atomic mass is 16.5. The fourth-order valence-electron chi connectivity index (χ4n) is 6.89. The van der Waals surface area contributed by atoms with Gasteiger partial charge in [0.25, 0.3) is 0 Å². The van der Waals surface area contributed by atoms with Crippen molar-refractivity contribution in [1.29, 1.82) is 0 Å². The quantitative estimate of drug-likeness (QED) is 0.156. The van der Waals surface area contributed by atoms with E-state index < -0.39 is 0 Å². The Morgan fingerprint density at radius 2 is 0.760 bits per heavy atom. The third-order valence-electron chi connectivity index (χ3n) is 9.63. The molecule has 2 aliphatic rings. The monoisotopic (exact) mass is 654 g/mol. The van der Waals surface area contributed by atoms with Crippen LogP contribution in [0.5, 0.6) is 11.5 Å². The number of nitrogens with zero attached hydrogens (tertiary/aromatic N) is 4. The van der Waals surface area contributed by atoms with Gasteiger partial charge < -0.3 is 9.47 Å². The van der Waals surface area contributed by atoms with Crippen LogP contribution < -0.4 is 19.5 Å². The van der Waals surface area contributed by atoms with Gasteiger partial charge in [0.1, 0.15) is 11.5 Å². The maximum Gasteiger partial charge on any atom is 0.118 e. The lowest BCUT2D eigenvalue weighted by molar-refractivity contribution is 0.414. The summed E-state index contributed by atoms with van der Waals surface area (Å²) in [7, 11) is 3.40. The van der Waals surface area contributed by atoms with Crippen LogP contribution in [0.3, 0.4) is 0 Å². The summed E-state index contributed by atoms with van der Waals surface area (Å²) >= 11 is 0. The Morgan fingerprint density at radius 1 is 0.420 bits per heavy atom. The minimum atomic E-state index is 0.103. The smallest absolute Gasteiger partial charge is 0.118 e. The first-order valence-corrected chi connectivity index (χ1v) is 17.0. The SMILES string of the molecule is COc1ccc(C2CC(c3ccc(-c4ccc(C5=NN(c6ccccc6)C(c6ccc(OC)cc6)C5)cc4)cc3)=NN2c2ccccc2)cc1. The van der Waals surface area contributed by atoms with Crippen LogP contribution in [0.15, 0.2) is 168 Å². The first kappa shape index (κ1) is 31.1. The second-order valence-corrected chi connectivity index (χ2v) is 12.6. The van der Waals surface area contributed by atoms with E-state index in [0.717, 1.165) is 58.3 Å². The summed E-state index contributed by atoms with van der Waals surface area (Å²) in [6.07, 6.45) is 1.63. The molecule has 0 bridgehead atoms. The van der Waals surface area contributed by atoms with Crippen LogP contribution in [-0.4, -0.2) is 25.6 Å². The highest BCUT2D eigenvalue weighted by Gasteiger charge is 2.31. The summed E-state index contributed by atoms with van der Waals surface area (Å²) in [6, 6.07) is 55.2. The molecule has 0 aliphatic carbocycles. The summed E-state index contributed by atoms with van der Waals surface area (Å²) < 4.78 is 10.8. The molecule has 0 N–H and O–H groups in total. The number of hydrogen-bond donors (Lipinski definition) is 0. The van der Waals surface area contributed by atoms with E-state index in [2.05, 4.69) is 131 Å². The number of para-hydroxylation sites is 2. The van der Waals surface area contributed by atoms with Gasteiger partial charge in [-0.2, -0.15) is 10.2 Å². The van der Waals surface area contributed by atoms with Gasteiger partial charge in [-0.25, -0.2) is 0 Å². The molecule has 2 atom stereocenters. The van der Waals surface area contributed by atoms with Crippen LogP contribution in [0, 0.1) is 0 Å². The predicted molar refractivity (Wildman–Crippen MR) is 203 cm³/mol. The molecule has 2 aliphatic heterocycles. The molecule has 246 valence electrons. The summed E-state index contributed by atoms with van der Waals surface area (Å²) in [6.45, 7) is 0. The minimum Gasteiger partial charge on any atom is -0.497 e. The van der Waals surface area contributed by atoms with Crippen molar-refractivity contribution in [2.24, 2.45) is 10.2 Å². The van der Waals surface area contributed by atoms with Crippen LogP contribution >= 0.6 is 0 Å². The average molecular weight is 655 g/mol. The van der Waals surface area contributed by atoms with Crippen molar-refractivity contribution in [3.05, 3.63) is 180 Å². The number of rotatable bonds is 9. The lowest BCUT2D eigenvalue weighted by Gasteiger charge is -2.24. The van der Waals surface area contributed by atoms with Gasteiger partial charge in [0.15, 0.2) is 0 Å². The number of methoxy groups -OCH3 is 2. The number of benzene rings is 6. The Bertz CT molecular complexity index is 1950. The van der Waals surface area contributed by atoms with Gasteiger partial charge in [0, 0.05) is 12.8 Å². The fraction of sp³-hybridized carbons (Fsp3) is 0.136. The van der Waals surface area contributed by atoms with Crippen molar-refractivity contribution in [3.8, 4) is 22.6 Å². The number of hydrogen-bond acceptors (Lipinski definition) is 6. The van der Waals surface area contributed by atoms with Crippen LogP contribution in [0.1, 0.15) is 47.2 Å². The molecule has 0 aromatic heterocycles. The molecule has 6 aromatic rings. The fourth-order valence-corrected chi connectivity index (χ4v) is 6.89. The molecule has 2 heterocycles. The summed E-state index contributed by atoms with van der Waals surface area (Å²) in [4.78, 5) is 0. The van der Waals surface area contributed by atoms with Gasteiger partial charge >= 0.3 is 0 Å². The second kappa shape index (κ2) is 13.8. The van der Waals surface area contributed by atoms with Crippen molar-refractivity contribution < 1.29 is 9.47 Å². The maximum absolute atomic E-state index is 5.41. The third kappa shape index (κ3) is 6.24. The van der Waals surface area contributed by atoms with Crippen molar-refractivity contribution in [1.82, 2.24) is 0 Å². The third-order valence-corrected chi connectivity index (χ3v) is 9.63. The van der Waals surface area contributed by atoms with E-state index in [-0.39, 0.29) is 12.1 Å². The van der Waals surface area contributed by atoms with E-state index in [0.29, 0.717) is 0 Å². The molecule has 6 aromatic carbocycles.